The zero-order valence-electron chi connectivity index (χ0n) is 12.3. The van der Waals surface area contributed by atoms with E-state index in [1.165, 1.54) is 19.4 Å². The molecule has 1 rings (SSSR count). The third kappa shape index (κ3) is 6.14. The number of likely N-dealkylation sites (tertiary alicyclic amines) is 1. The summed E-state index contributed by atoms with van der Waals surface area (Å²) in [7, 11) is 1.83. The molecule has 1 fully saturated rings. The van der Waals surface area contributed by atoms with Crippen LogP contribution in [0.3, 0.4) is 0 Å². The first-order valence-corrected chi connectivity index (χ1v) is 7.26. The minimum atomic E-state index is 0.0627. The second-order valence-corrected chi connectivity index (χ2v) is 5.33. The largest absolute Gasteiger partial charge is 0.382 e. The van der Waals surface area contributed by atoms with Crippen molar-refractivity contribution in [2.45, 2.75) is 38.7 Å². The lowest BCUT2D eigenvalue weighted by molar-refractivity contribution is -0.0502. The highest BCUT2D eigenvalue weighted by Crippen LogP contribution is 2.23. The number of nitrogens with zero attached hydrogens (tertiary/aromatic N) is 1. The fraction of sp³-hybridized carbons (Fsp3) is 1.00. The van der Waals surface area contributed by atoms with Gasteiger partial charge in [0.15, 0.2) is 0 Å². The Kier molecular flexibility index (Phi) is 7.82. The molecule has 0 aromatic carbocycles. The highest BCUT2D eigenvalue weighted by Gasteiger charge is 2.30. The molecule has 0 saturated carbocycles. The molecule has 1 heterocycles. The number of ether oxygens (including phenoxy) is 2. The molecule has 4 nitrogen and oxygen atoms in total. The van der Waals surface area contributed by atoms with Gasteiger partial charge in [-0.05, 0) is 46.2 Å². The molecule has 0 spiro atoms. The van der Waals surface area contributed by atoms with Crippen LogP contribution in [-0.4, -0.2) is 63.5 Å². The first-order valence-electron chi connectivity index (χ1n) is 7.26. The third-order valence-electron chi connectivity index (χ3n) is 3.68. The van der Waals surface area contributed by atoms with Gasteiger partial charge >= 0.3 is 0 Å². The van der Waals surface area contributed by atoms with Gasteiger partial charge in [0, 0.05) is 40.0 Å². The SMILES string of the molecule is CCOCCCNCCN1CCCC(C)(OC)C1. The molecule has 1 unspecified atom stereocenters. The number of nitrogens with one attached hydrogen (secondary N) is 1. The molecule has 108 valence electrons. The van der Waals surface area contributed by atoms with Gasteiger partial charge in [-0.3, -0.25) is 4.90 Å². The van der Waals surface area contributed by atoms with Crippen molar-refractivity contribution in [2.75, 3.05) is 53.0 Å². The molecule has 1 aliphatic heterocycles. The first-order chi connectivity index (χ1) is 8.70. The Bertz CT molecular complexity index is 214. The molecule has 4 heteroatoms. The van der Waals surface area contributed by atoms with Crippen LogP contribution in [-0.2, 0) is 9.47 Å². The predicted molar refractivity (Wildman–Crippen MR) is 75.1 cm³/mol. The summed E-state index contributed by atoms with van der Waals surface area (Å²) in [5, 5.41) is 3.47. The topological polar surface area (TPSA) is 33.7 Å². The van der Waals surface area contributed by atoms with Gasteiger partial charge in [0.05, 0.1) is 5.60 Å². The molecule has 18 heavy (non-hydrogen) atoms. The number of methoxy groups -OCH3 is 1. The molecule has 0 amide bonds. The Labute approximate surface area is 112 Å². The van der Waals surface area contributed by atoms with Gasteiger partial charge in [-0.15, -0.1) is 0 Å². The van der Waals surface area contributed by atoms with E-state index in [1.54, 1.807) is 0 Å². The van der Waals surface area contributed by atoms with Crippen molar-refractivity contribution in [2.24, 2.45) is 0 Å². The summed E-state index contributed by atoms with van der Waals surface area (Å²) >= 11 is 0. The molecule has 0 aliphatic carbocycles. The van der Waals surface area contributed by atoms with Crippen LogP contribution in [0.25, 0.3) is 0 Å². The summed E-state index contributed by atoms with van der Waals surface area (Å²) in [5.41, 5.74) is 0.0627. The van der Waals surface area contributed by atoms with Crippen molar-refractivity contribution in [3.05, 3.63) is 0 Å². The molecular formula is C14H30N2O2. The standard InChI is InChI=1S/C14H30N2O2/c1-4-18-12-6-8-15-9-11-16-10-5-7-14(2,13-16)17-3/h15H,4-13H2,1-3H3. The molecule has 0 bridgehead atoms. The van der Waals surface area contributed by atoms with E-state index in [0.29, 0.717) is 0 Å². The molecule has 0 radical (unpaired) electrons. The molecule has 1 N–H and O–H groups in total. The summed E-state index contributed by atoms with van der Waals surface area (Å²) in [4.78, 5) is 2.50. The van der Waals surface area contributed by atoms with Crippen LogP contribution in [0.2, 0.25) is 0 Å². The molecular weight excluding hydrogens is 228 g/mol. The van der Waals surface area contributed by atoms with Crippen molar-refractivity contribution in [1.29, 1.82) is 0 Å². The van der Waals surface area contributed by atoms with Gasteiger partial charge in [-0.1, -0.05) is 0 Å². The molecule has 0 aromatic rings. The zero-order valence-corrected chi connectivity index (χ0v) is 12.3. The molecule has 0 aromatic heterocycles. The van der Waals surface area contributed by atoms with Crippen LogP contribution in [0.4, 0.5) is 0 Å². The summed E-state index contributed by atoms with van der Waals surface area (Å²) in [6.07, 6.45) is 3.53. The summed E-state index contributed by atoms with van der Waals surface area (Å²) in [6, 6.07) is 0. The lowest BCUT2D eigenvalue weighted by Gasteiger charge is -2.39. The quantitative estimate of drug-likeness (QED) is 0.636. The summed E-state index contributed by atoms with van der Waals surface area (Å²) < 4.78 is 10.9. The Morgan fingerprint density at radius 3 is 2.89 bits per heavy atom. The number of hydrogen-bond acceptors (Lipinski definition) is 4. The zero-order chi connectivity index (χ0) is 13.3. The van der Waals surface area contributed by atoms with Crippen molar-refractivity contribution in [3.63, 3.8) is 0 Å². The third-order valence-corrected chi connectivity index (χ3v) is 3.68. The van der Waals surface area contributed by atoms with E-state index in [2.05, 4.69) is 17.1 Å². The van der Waals surface area contributed by atoms with Gasteiger partial charge in [0.2, 0.25) is 0 Å². The summed E-state index contributed by atoms with van der Waals surface area (Å²) in [5.74, 6) is 0. The number of hydrogen-bond donors (Lipinski definition) is 1. The Hall–Kier alpha value is -0.160. The monoisotopic (exact) mass is 258 g/mol. The van der Waals surface area contributed by atoms with E-state index < -0.39 is 0 Å². The second kappa shape index (κ2) is 8.86. The average Bonchev–Trinajstić information content (AvgIpc) is 2.38. The fourth-order valence-electron chi connectivity index (χ4n) is 2.47. The maximum atomic E-state index is 5.60. The summed E-state index contributed by atoms with van der Waals surface area (Å²) in [6.45, 7) is 11.4. The molecule has 1 aliphatic rings. The Balaban J connectivity index is 2.01. The number of rotatable bonds is 9. The highest BCUT2D eigenvalue weighted by molar-refractivity contribution is 4.84. The predicted octanol–water partition coefficient (Wildman–Crippen LogP) is 1.50. The van der Waals surface area contributed by atoms with Crippen molar-refractivity contribution >= 4 is 0 Å². The van der Waals surface area contributed by atoms with Crippen LogP contribution >= 0.6 is 0 Å². The van der Waals surface area contributed by atoms with Crippen molar-refractivity contribution in [1.82, 2.24) is 10.2 Å². The van der Waals surface area contributed by atoms with Crippen molar-refractivity contribution < 1.29 is 9.47 Å². The van der Waals surface area contributed by atoms with Gasteiger partial charge in [0.1, 0.15) is 0 Å². The van der Waals surface area contributed by atoms with Crippen LogP contribution in [0.15, 0.2) is 0 Å². The smallest absolute Gasteiger partial charge is 0.0777 e. The maximum Gasteiger partial charge on any atom is 0.0777 e. The lowest BCUT2D eigenvalue weighted by Crippen LogP contribution is -2.49. The Morgan fingerprint density at radius 1 is 1.33 bits per heavy atom. The van der Waals surface area contributed by atoms with Crippen LogP contribution in [0.5, 0.6) is 0 Å². The van der Waals surface area contributed by atoms with Gasteiger partial charge < -0.3 is 14.8 Å². The van der Waals surface area contributed by atoms with E-state index in [-0.39, 0.29) is 5.60 Å². The normalized spacial score (nSPS) is 25.5. The van der Waals surface area contributed by atoms with Crippen LogP contribution in [0, 0.1) is 0 Å². The lowest BCUT2D eigenvalue weighted by atomic mass is 9.95. The number of piperidine rings is 1. The maximum absolute atomic E-state index is 5.60. The first kappa shape index (κ1) is 15.9. The second-order valence-electron chi connectivity index (χ2n) is 5.33. The van der Waals surface area contributed by atoms with Crippen LogP contribution in [0.1, 0.15) is 33.1 Å². The van der Waals surface area contributed by atoms with Gasteiger partial charge in [-0.25, -0.2) is 0 Å². The molecule has 1 saturated heterocycles. The van der Waals surface area contributed by atoms with E-state index in [0.717, 1.165) is 45.8 Å². The van der Waals surface area contributed by atoms with Gasteiger partial charge in [-0.2, -0.15) is 0 Å². The van der Waals surface area contributed by atoms with Gasteiger partial charge in [0.25, 0.3) is 0 Å². The van der Waals surface area contributed by atoms with E-state index >= 15 is 0 Å². The Morgan fingerprint density at radius 2 is 2.17 bits per heavy atom. The molecule has 1 atom stereocenters. The van der Waals surface area contributed by atoms with E-state index in [1.807, 2.05) is 14.0 Å². The minimum absolute atomic E-state index is 0.0627. The van der Waals surface area contributed by atoms with E-state index in [9.17, 15) is 0 Å². The highest BCUT2D eigenvalue weighted by atomic mass is 16.5. The average molecular weight is 258 g/mol. The van der Waals surface area contributed by atoms with Crippen LogP contribution < -0.4 is 5.32 Å². The van der Waals surface area contributed by atoms with E-state index in [4.69, 9.17) is 9.47 Å². The minimum Gasteiger partial charge on any atom is -0.382 e. The van der Waals surface area contributed by atoms with Crippen molar-refractivity contribution in [3.8, 4) is 0 Å². The fourth-order valence-corrected chi connectivity index (χ4v) is 2.47.